The van der Waals surface area contributed by atoms with E-state index in [0.717, 1.165) is 30.4 Å². The van der Waals surface area contributed by atoms with E-state index in [1.165, 1.54) is 6.42 Å². The predicted molar refractivity (Wildman–Crippen MR) is 75.4 cm³/mol. The number of aryl methyl sites for hydroxylation is 1. The second-order valence-electron chi connectivity index (χ2n) is 5.84. The monoisotopic (exact) mass is 261 g/mol. The minimum atomic E-state index is -0.682. The molecule has 19 heavy (non-hydrogen) atoms. The molecule has 1 amide bonds. The van der Waals surface area contributed by atoms with E-state index in [-0.39, 0.29) is 5.91 Å². The first kappa shape index (κ1) is 14.0. The van der Waals surface area contributed by atoms with E-state index < -0.39 is 5.54 Å². The van der Waals surface area contributed by atoms with Gasteiger partial charge in [-0.1, -0.05) is 19.8 Å². The van der Waals surface area contributed by atoms with E-state index in [0.29, 0.717) is 12.5 Å². The largest absolute Gasteiger partial charge is 0.350 e. The summed E-state index contributed by atoms with van der Waals surface area (Å²) in [6.45, 7) is 4.69. The summed E-state index contributed by atoms with van der Waals surface area (Å²) in [4.78, 5) is 16.3. The maximum Gasteiger partial charge on any atom is 0.240 e. The number of hydrogen-bond donors (Lipinski definition) is 2. The van der Waals surface area contributed by atoms with E-state index in [1.54, 1.807) is 6.20 Å². The van der Waals surface area contributed by atoms with Crippen molar-refractivity contribution in [2.75, 3.05) is 0 Å². The molecule has 1 aliphatic rings. The van der Waals surface area contributed by atoms with Gasteiger partial charge >= 0.3 is 0 Å². The summed E-state index contributed by atoms with van der Waals surface area (Å²) >= 11 is 0. The third kappa shape index (κ3) is 3.32. The maximum atomic E-state index is 12.3. The molecule has 104 valence electrons. The average molecular weight is 261 g/mol. The molecule has 1 heterocycles. The molecule has 4 nitrogen and oxygen atoms in total. The maximum absolute atomic E-state index is 12.3. The van der Waals surface area contributed by atoms with E-state index in [1.807, 2.05) is 19.2 Å². The van der Waals surface area contributed by atoms with Gasteiger partial charge in [-0.05, 0) is 42.9 Å². The second kappa shape index (κ2) is 5.70. The van der Waals surface area contributed by atoms with Gasteiger partial charge in [0.15, 0.2) is 0 Å². The van der Waals surface area contributed by atoms with E-state index >= 15 is 0 Å². The molecule has 2 rings (SSSR count). The van der Waals surface area contributed by atoms with Crippen LogP contribution in [-0.2, 0) is 11.3 Å². The molecule has 2 unspecified atom stereocenters. The van der Waals surface area contributed by atoms with Gasteiger partial charge < -0.3 is 11.1 Å². The van der Waals surface area contributed by atoms with Crippen molar-refractivity contribution >= 4 is 5.91 Å². The zero-order valence-electron chi connectivity index (χ0n) is 11.8. The summed E-state index contributed by atoms with van der Waals surface area (Å²) in [5.41, 5.74) is 7.77. The molecule has 1 saturated carbocycles. The molecule has 1 fully saturated rings. The zero-order valence-corrected chi connectivity index (χ0v) is 11.8. The van der Waals surface area contributed by atoms with Crippen molar-refractivity contribution in [2.24, 2.45) is 11.7 Å². The van der Waals surface area contributed by atoms with Crippen molar-refractivity contribution in [2.45, 2.75) is 51.6 Å². The SMILES string of the molecule is Cc1cnccc1CNC(=O)C1(N)CCCC(C)C1. The molecule has 0 saturated heterocycles. The number of nitrogens with one attached hydrogen (secondary N) is 1. The number of carbonyl (C=O) groups is 1. The number of amides is 1. The highest BCUT2D eigenvalue weighted by atomic mass is 16.2. The fourth-order valence-electron chi connectivity index (χ4n) is 2.85. The van der Waals surface area contributed by atoms with Crippen molar-refractivity contribution in [3.05, 3.63) is 29.6 Å². The number of nitrogens with two attached hydrogens (primary N) is 1. The first-order valence-corrected chi connectivity index (χ1v) is 6.98. The average Bonchev–Trinajstić information content (AvgIpc) is 2.37. The molecule has 4 heteroatoms. The minimum Gasteiger partial charge on any atom is -0.350 e. The van der Waals surface area contributed by atoms with Gasteiger partial charge in [0.05, 0.1) is 5.54 Å². The number of aromatic nitrogens is 1. The molecule has 1 aromatic heterocycles. The van der Waals surface area contributed by atoms with Gasteiger partial charge in [0.2, 0.25) is 5.91 Å². The van der Waals surface area contributed by atoms with Crippen molar-refractivity contribution in [1.29, 1.82) is 0 Å². The van der Waals surface area contributed by atoms with E-state index in [9.17, 15) is 4.79 Å². The fraction of sp³-hybridized carbons (Fsp3) is 0.600. The van der Waals surface area contributed by atoms with Crippen LogP contribution in [-0.4, -0.2) is 16.4 Å². The summed E-state index contributed by atoms with van der Waals surface area (Å²) in [5.74, 6) is 0.516. The summed E-state index contributed by atoms with van der Waals surface area (Å²) in [7, 11) is 0. The molecule has 0 spiro atoms. The highest BCUT2D eigenvalue weighted by Crippen LogP contribution is 2.30. The Morgan fingerprint density at radius 1 is 1.63 bits per heavy atom. The molecule has 1 aromatic rings. The lowest BCUT2D eigenvalue weighted by molar-refractivity contribution is -0.128. The molecule has 1 aliphatic carbocycles. The van der Waals surface area contributed by atoms with Crippen LogP contribution >= 0.6 is 0 Å². The number of hydrogen-bond acceptors (Lipinski definition) is 3. The van der Waals surface area contributed by atoms with Crippen LogP contribution in [0.25, 0.3) is 0 Å². The molecule has 0 aliphatic heterocycles. The van der Waals surface area contributed by atoms with Crippen LogP contribution < -0.4 is 11.1 Å². The van der Waals surface area contributed by atoms with Crippen LogP contribution in [0.3, 0.4) is 0 Å². The Bertz CT molecular complexity index is 460. The van der Waals surface area contributed by atoms with Gasteiger partial charge in [0.1, 0.15) is 0 Å². The molecular weight excluding hydrogens is 238 g/mol. The van der Waals surface area contributed by atoms with E-state index in [4.69, 9.17) is 5.73 Å². The highest BCUT2D eigenvalue weighted by Gasteiger charge is 2.37. The van der Waals surface area contributed by atoms with Gasteiger partial charge in [0.25, 0.3) is 0 Å². The summed E-state index contributed by atoms with van der Waals surface area (Å²) in [6, 6.07) is 1.93. The van der Waals surface area contributed by atoms with Gasteiger partial charge in [-0.3, -0.25) is 9.78 Å². The predicted octanol–water partition coefficient (Wildman–Crippen LogP) is 1.91. The molecule has 0 bridgehead atoms. The van der Waals surface area contributed by atoms with Gasteiger partial charge in [-0.25, -0.2) is 0 Å². The van der Waals surface area contributed by atoms with Crippen molar-refractivity contribution in [3.63, 3.8) is 0 Å². The second-order valence-corrected chi connectivity index (χ2v) is 5.84. The lowest BCUT2D eigenvalue weighted by Gasteiger charge is -2.35. The molecule has 2 atom stereocenters. The Morgan fingerprint density at radius 3 is 3.11 bits per heavy atom. The van der Waals surface area contributed by atoms with Gasteiger partial charge in [0, 0.05) is 18.9 Å². The summed E-state index contributed by atoms with van der Waals surface area (Å²) in [5, 5.41) is 2.98. The quantitative estimate of drug-likeness (QED) is 0.873. The van der Waals surface area contributed by atoms with Crippen LogP contribution in [0.15, 0.2) is 18.5 Å². The van der Waals surface area contributed by atoms with Gasteiger partial charge in [-0.15, -0.1) is 0 Å². The Labute approximate surface area is 114 Å². The lowest BCUT2D eigenvalue weighted by Crippen LogP contribution is -2.56. The molecule has 3 N–H and O–H groups in total. The third-order valence-electron chi connectivity index (χ3n) is 4.06. The number of carbonyl (C=O) groups excluding carboxylic acids is 1. The van der Waals surface area contributed by atoms with Crippen LogP contribution in [0, 0.1) is 12.8 Å². The normalized spacial score (nSPS) is 27.0. The Balaban J connectivity index is 1.96. The number of pyridine rings is 1. The Kier molecular flexibility index (Phi) is 4.20. The third-order valence-corrected chi connectivity index (χ3v) is 4.06. The van der Waals surface area contributed by atoms with Crippen molar-refractivity contribution in [1.82, 2.24) is 10.3 Å². The summed E-state index contributed by atoms with van der Waals surface area (Å²) in [6.07, 6.45) is 7.35. The Hall–Kier alpha value is -1.42. The van der Waals surface area contributed by atoms with Crippen LogP contribution in [0.2, 0.25) is 0 Å². The molecule has 0 aromatic carbocycles. The molecule has 0 radical (unpaired) electrons. The first-order chi connectivity index (χ1) is 9.01. The van der Waals surface area contributed by atoms with Crippen molar-refractivity contribution in [3.8, 4) is 0 Å². The summed E-state index contributed by atoms with van der Waals surface area (Å²) < 4.78 is 0. The van der Waals surface area contributed by atoms with E-state index in [2.05, 4.69) is 17.2 Å². The molecular formula is C15H23N3O. The van der Waals surface area contributed by atoms with Crippen LogP contribution in [0.5, 0.6) is 0 Å². The first-order valence-electron chi connectivity index (χ1n) is 6.98. The van der Waals surface area contributed by atoms with Crippen LogP contribution in [0.1, 0.15) is 43.7 Å². The van der Waals surface area contributed by atoms with Crippen LogP contribution in [0.4, 0.5) is 0 Å². The smallest absolute Gasteiger partial charge is 0.240 e. The van der Waals surface area contributed by atoms with Gasteiger partial charge in [-0.2, -0.15) is 0 Å². The standard InChI is InChI=1S/C15H23N3O/c1-11-4-3-6-15(16,8-11)14(19)18-10-13-5-7-17-9-12(13)2/h5,7,9,11H,3-4,6,8,10,16H2,1-2H3,(H,18,19). The highest BCUT2D eigenvalue weighted by molar-refractivity contribution is 5.86. The number of nitrogens with zero attached hydrogens (tertiary/aromatic N) is 1. The topological polar surface area (TPSA) is 68.0 Å². The minimum absolute atomic E-state index is 0.0183. The van der Waals surface area contributed by atoms with Crippen molar-refractivity contribution < 1.29 is 4.79 Å². The lowest BCUT2D eigenvalue weighted by atomic mass is 9.76. The Morgan fingerprint density at radius 2 is 2.42 bits per heavy atom. The number of rotatable bonds is 3. The fourth-order valence-corrected chi connectivity index (χ4v) is 2.85. The zero-order chi connectivity index (χ0) is 13.9.